The second-order valence-electron chi connectivity index (χ2n) is 3.87. The topological polar surface area (TPSA) is 86.9 Å². The fourth-order valence-corrected chi connectivity index (χ4v) is 1.34. The van der Waals surface area contributed by atoms with Gasteiger partial charge in [-0.15, -0.1) is 0 Å². The van der Waals surface area contributed by atoms with Gasteiger partial charge in [-0.2, -0.15) is 0 Å². The molecule has 1 rings (SSSR count). The molecule has 17 heavy (non-hydrogen) atoms. The van der Waals surface area contributed by atoms with Gasteiger partial charge in [-0.05, 0) is 20.3 Å². The average Bonchev–Trinajstić information content (AvgIpc) is 2.24. The largest absolute Gasteiger partial charge is 0.358 e. The van der Waals surface area contributed by atoms with Crippen LogP contribution in [0.15, 0.2) is 10.9 Å². The minimum absolute atomic E-state index is 0.105. The number of carbonyl (C=O) groups excluding carboxylic acids is 1. The number of amides is 1. The Hall–Kier alpha value is -1.85. The summed E-state index contributed by atoms with van der Waals surface area (Å²) in [6.07, 6.45) is 0.890. The van der Waals surface area contributed by atoms with Crippen molar-refractivity contribution in [1.29, 1.82) is 0 Å². The van der Waals surface area contributed by atoms with Gasteiger partial charge >= 0.3 is 0 Å². The molecule has 0 aliphatic heterocycles. The predicted molar refractivity (Wildman–Crippen MR) is 66.0 cm³/mol. The van der Waals surface area contributed by atoms with Crippen LogP contribution in [0.1, 0.15) is 26.1 Å². The number of hydrogen-bond donors (Lipinski definition) is 3. The van der Waals surface area contributed by atoms with Crippen molar-refractivity contribution in [3.05, 3.63) is 22.2 Å². The highest BCUT2D eigenvalue weighted by atomic mass is 16.2. The summed E-state index contributed by atoms with van der Waals surface area (Å²) >= 11 is 0. The maximum Gasteiger partial charge on any atom is 0.252 e. The molecule has 0 saturated heterocycles. The summed E-state index contributed by atoms with van der Waals surface area (Å²) in [4.78, 5) is 29.4. The maximum absolute atomic E-state index is 11.6. The van der Waals surface area contributed by atoms with Crippen molar-refractivity contribution in [3.8, 4) is 0 Å². The molecule has 3 N–H and O–H groups in total. The van der Waals surface area contributed by atoms with Crippen LogP contribution >= 0.6 is 0 Å². The molecule has 0 saturated carbocycles. The molecule has 1 aromatic heterocycles. The predicted octanol–water partition coefficient (Wildman–Crippen LogP) is 0.405. The van der Waals surface area contributed by atoms with Crippen LogP contribution in [0.2, 0.25) is 0 Å². The third kappa shape index (κ3) is 4.26. The van der Waals surface area contributed by atoms with E-state index in [1.165, 1.54) is 6.07 Å². The normalized spacial score (nSPS) is 11.9. The number of anilines is 1. The molecular formula is C11H18N4O2. The molecule has 6 nitrogen and oxygen atoms in total. The van der Waals surface area contributed by atoms with Gasteiger partial charge in [0.2, 0.25) is 5.91 Å². The van der Waals surface area contributed by atoms with Gasteiger partial charge in [0.05, 0.1) is 0 Å². The molecule has 0 bridgehead atoms. The number of nitrogens with one attached hydrogen (secondary N) is 3. The molecule has 0 radical (unpaired) electrons. The lowest BCUT2D eigenvalue weighted by Crippen LogP contribution is -2.38. The standard InChI is InChI=1S/C11H18N4O2/c1-4-5-12-11(17)7(2)13-9-6-10(16)15-8(3)14-9/h6-7H,4-5H2,1-3H3,(H,12,17)(H2,13,14,15,16). The highest BCUT2D eigenvalue weighted by Gasteiger charge is 2.12. The summed E-state index contributed by atoms with van der Waals surface area (Å²) in [7, 11) is 0. The van der Waals surface area contributed by atoms with Gasteiger partial charge < -0.3 is 15.6 Å². The van der Waals surface area contributed by atoms with Crippen LogP contribution in [0.4, 0.5) is 5.82 Å². The van der Waals surface area contributed by atoms with Crippen LogP contribution in [-0.4, -0.2) is 28.5 Å². The second kappa shape index (κ2) is 6.03. The van der Waals surface area contributed by atoms with Crippen molar-refractivity contribution >= 4 is 11.7 Å². The quantitative estimate of drug-likeness (QED) is 0.693. The molecule has 0 aliphatic rings. The number of H-pyrrole nitrogens is 1. The molecule has 0 spiro atoms. The number of aryl methyl sites for hydroxylation is 1. The Bertz CT molecular complexity index is 441. The smallest absolute Gasteiger partial charge is 0.252 e. The second-order valence-corrected chi connectivity index (χ2v) is 3.87. The molecule has 0 aliphatic carbocycles. The molecular weight excluding hydrogens is 220 g/mol. The Kier molecular flexibility index (Phi) is 4.68. The Balaban J connectivity index is 2.64. The number of aromatic nitrogens is 2. The Morgan fingerprint density at radius 1 is 1.59 bits per heavy atom. The Labute approximate surface area is 99.8 Å². The van der Waals surface area contributed by atoms with Crippen molar-refractivity contribution in [2.75, 3.05) is 11.9 Å². The molecule has 1 amide bonds. The number of carbonyl (C=O) groups is 1. The number of aromatic amines is 1. The van der Waals surface area contributed by atoms with Gasteiger partial charge in [-0.25, -0.2) is 4.98 Å². The van der Waals surface area contributed by atoms with Gasteiger partial charge in [0.15, 0.2) is 0 Å². The number of rotatable bonds is 5. The van der Waals surface area contributed by atoms with E-state index in [-0.39, 0.29) is 11.5 Å². The minimum Gasteiger partial charge on any atom is -0.358 e. The average molecular weight is 238 g/mol. The summed E-state index contributed by atoms with van der Waals surface area (Å²) in [6, 6.07) is 0.909. The van der Waals surface area contributed by atoms with Gasteiger partial charge in [-0.3, -0.25) is 9.59 Å². The molecule has 0 aromatic carbocycles. The van der Waals surface area contributed by atoms with Gasteiger partial charge in [-0.1, -0.05) is 6.92 Å². The van der Waals surface area contributed by atoms with Crippen LogP contribution < -0.4 is 16.2 Å². The zero-order chi connectivity index (χ0) is 12.8. The van der Waals surface area contributed by atoms with E-state index in [0.717, 1.165) is 6.42 Å². The molecule has 1 aromatic rings. The summed E-state index contributed by atoms with van der Waals surface area (Å²) in [5.41, 5.74) is -0.235. The Morgan fingerprint density at radius 3 is 2.88 bits per heavy atom. The van der Waals surface area contributed by atoms with Crippen LogP contribution in [0.3, 0.4) is 0 Å². The molecule has 6 heteroatoms. The fourth-order valence-electron chi connectivity index (χ4n) is 1.34. The monoisotopic (exact) mass is 238 g/mol. The third-order valence-corrected chi connectivity index (χ3v) is 2.17. The summed E-state index contributed by atoms with van der Waals surface area (Å²) in [6.45, 7) is 6.05. The molecule has 0 fully saturated rings. The first-order valence-electron chi connectivity index (χ1n) is 5.65. The van der Waals surface area contributed by atoms with Crippen LogP contribution in [-0.2, 0) is 4.79 Å². The lowest BCUT2D eigenvalue weighted by molar-refractivity contribution is -0.121. The first kappa shape index (κ1) is 13.2. The van der Waals surface area contributed by atoms with Crippen molar-refractivity contribution in [3.63, 3.8) is 0 Å². The highest BCUT2D eigenvalue weighted by Crippen LogP contribution is 2.01. The van der Waals surface area contributed by atoms with Gasteiger partial charge in [0, 0.05) is 12.6 Å². The molecule has 94 valence electrons. The van der Waals surface area contributed by atoms with E-state index < -0.39 is 6.04 Å². The minimum atomic E-state index is -0.421. The van der Waals surface area contributed by atoms with Crippen LogP contribution in [0.5, 0.6) is 0 Å². The van der Waals surface area contributed by atoms with Gasteiger partial charge in [0.25, 0.3) is 5.56 Å². The van der Waals surface area contributed by atoms with E-state index >= 15 is 0 Å². The zero-order valence-corrected chi connectivity index (χ0v) is 10.3. The van der Waals surface area contributed by atoms with E-state index in [1.54, 1.807) is 13.8 Å². The van der Waals surface area contributed by atoms with Crippen LogP contribution in [0, 0.1) is 6.92 Å². The SMILES string of the molecule is CCCNC(=O)C(C)Nc1cc(=O)[nH]c(C)n1. The lowest BCUT2D eigenvalue weighted by atomic mass is 10.3. The number of hydrogen-bond acceptors (Lipinski definition) is 4. The van der Waals surface area contributed by atoms with Crippen molar-refractivity contribution in [1.82, 2.24) is 15.3 Å². The summed E-state index contributed by atoms with van der Waals surface area (Å²) in [5.74, 6) is 0.818. The maximum atomic E-state index is 11.6. The molecule has 1 atom stereocenters. The number of nitrogens with zero attached hydrogens (tertiary/aromatic N) is 1. The highest BCUT2D eigenvalue weighted by molar-refractivity contribution is 5.83. The van der Waals surface area contributed by atoms with E-state index in [1.807, 2.05) is 6.92 Å². The van der Waals surface area contributed by atoms with Crippen molar-refractivity contribution in [2.24, 2.45) is 0 Å². The van der Waals surface area contributed by atoms with E-state index in [0.29, 0.717) is 18.2 Å². The zero-order valence-electron chi connectivity index (χ0n) is 10.3. The van der Waals surface area contributed by atoms with Gasteiger partial charge in [0.1, 0.15) is 17.7 Å². The van der Waals surface area contributed by atoms with Crippen molar-refractivity contribution < 1.29 is 4.79 Å². The van der Waals surface area contributed by atoms with Crippen LogP contribution in [0.25, 0.3) is 0 Å². The van der Waals surface area contributed by atoms with E-state index in [2.05, 4.69) is 20.6 Å². The third-order valence-electron chi connectivity index (χ3n) is 2.17. The summed E-state index contributed by atoms with van der Waals surface area (Å²) < 4.78 is 0. The van der Waals surface area contributed by atoms with E-state index in [4.69, 9.17) is 0 Å². The molecule has 1 heterocycles. The summed E-state index contributed by atoms with van der Waals surface area (Å²) in [5, 5.41) is 5.66. The molecule has 1 unspecified atom stereocenters. The first-order chi connectivity index (χ1) is 8.02. The first-order valence-corrected chi connectivity index (χ1v) is 5.65. The van der Waals surface area contributed by atoms with E-state index in [9.17, 15) is 9.59 Å². The fraction of sp³-hybridized carbons (Fsp3) is 0.545. The van der Waals surface area contributed by atoms with Crippen molar-refractivity contribution in [2.45, 2.75) is 33.2 Å². The Morgan fingerprint density at radius 2 is 2.29 bits per heavy atom. The lowest BCUT2D eigenvalue weighted by Gasteiger charge is -2.14.